The molecule has 7 nitrogen and oxygen atoms in total. The number of nitrogens with zero attached hydrogens (tertiary/aromatic N) is 2. The van der Waals surface area contributed by atoms with Crippen LogP contribution in [0.15, 0.2) is 42.5 Å². The lowest BCUT2D eigenvalue weighted by molar-refractivity contribution is -0.138. The number of alkyl halides is 2. The number of ether oxygens (including phenoxy) is 1. The number of nitrogens with one attached hydrogen (secondary N) is 1. The maximum absolute atomic E-state index is 14.2. The minimum absolute atomic E-state index is 0.0408. The maximum atomic E-state index is 14.2. The number of imide groups is 1. The first kappa shape index (κ1) is 23.0. The van der Waals surface area contributed by atoms with Crippen molar-refractivity contribution >= 4 is 17.8 Å². The first-order valence-electron chi connectivity index (χ1n) is 9.38. The van der Waals surface area contributed by atoms with E-state index in [9.17, 15) is 31.9 Å². The second-order valence-electron chi connectivity index (χ2n) is 7.34. The fourth-order valence-electron chi connectivity index (χ4n) is 3.30. The number of urea groups is 1. The van der Waals surface area contributed by atoms with Crippen LogP contribution in [0.4, 0.5) is 22.4 Å². The van der Waals surface area contributed by atoms with E-state index < -0.39 is 48.2 Å². The SMILES string of the molecule is CN(Cc1ccc(OC(F)F)cc1)C(=O)CN1C(=O)N[C@](C)(c2cc(F)ccc2F)C1=O. The molecule has 0 spiro atoms. The summed E-state index contributed by atoms with van der Waals surface area (Å²) in [5.41, 5.74) is -1.64. The van der Waals surface area contributed by atoms with Gasteiger partial charge in [0.15, 0.2) is 0 Å². The summed E-state index contributed by atoms with van der Waals surface area (Å²) in [5, 5.41) is 2.32. The normalized spacial score (nSPS) is 18.2. The summed E-state index contributed by atoms with van der Waals surface area (Å²) in [6, 6.07) is 7.22. The standard InChI is InChI=1S/C21H19F4N3O4/c1-21(15-9-13(22)5-8-16(15)23)18(30)28(20(31)26-21)11-17(29)27(2)10-12-3-6-14(7-4-12)32-19(24)25/h3-9,19H,10-11H2,1-2H3,(H,26,31)/t21-/m1/s1. The summed E-state index contributed by atoms with van der Waals surface area (Å²) in [6.07, 6.45) is 0. The van der Waals surface area contributed by atoms with Gasteiger partial charge < -0.3 is 15.0 Å². The molecule has 0 aliphatic carbocycles. The third-order valence-electron chi connectivity index (χ3n) is 5.03. The molecule has 2 aromatic rings. The molecule has 3 rings (SSSR count). The highest BCUT2D eigenvalue weighted by Gasteiger charge is 2.51. The zero-order valence-electron chi connectivity index (χ0n) is 17.1. The van der Waals surface area contributed by atoms with Crippen LogP contribution in [0.25, 0.3) is 0 Å². The number of hydrogen-bond donors (Lipinski definition) is 1. The largest absolute Gasteiger partial charge is 0.435 e. The molecule has 4 amide bonds. The van der Waals surface area contributed by atoms with E-state index >= 15 is 0 Å². The van der Waals surface area contributed by atoms with Gasteiger partial charge in [-0.3, -0.25) is 14.5 Å². The Labute approximate surface area is 180 Å². The first-order valence-corrected chi connectivity index (χ1v) is 9.38. The predicted molar refractivity (Wildman–Crippen MR) is 104 cm³/mol. The summed E-state index contributed by atoms with van der Waals surface area (Å²) in [7, 11) is 1.43. The third kappa shape index (κ3) is 4.66. The number of benzene rings is 2. The summed E-state index contributed by atoms with van der Waals surface area (Å²) in [5.74, 6) is -3.22. The van der Waals surface area contributed by atoms with Crippen LogP contribution in [0, 0.1) is 11.6 Å². The zero-order chi connectivity index (χ0) is 23.6. The van der Waals surface area contributed by atoms with Crippen LogP contribution in [0.5, 0.6) is 5.75 Å². The van der Waals surface area contributed by atoms with Crippen LogP contribution in [0.2, 0.25) is 0 Å². The van der Waals surface area contributed by atoms with Crippen molar-refractivity contribution in [3.8, 4) is 5.75 Å². The van der Waals surface area contributed by atoms with Gasteiger partial charge in [-0.25, -0.2) is 13.6 Å². The number of halogens is 4. The van der Waals surface area contributed by atoms with Crippen LogP contribution in [-0.4, -0.2) is 47.8 Å². The molecule has 1 aliphatic rings. The number of carbonyl (C=O) groups excluding carboxylic acids is 3. The van der Waals surface area contributed by atoms with Gasteiger partial charge in [-0.15, -0.1) is 0 Å². The first-order chi connectivity index (χ1) is 15.0. The van der Waals surface area contributed by atoms with Crippen LogP contribution in [-0.2, 0) is 21.7 Å². The Kier molecular flexibility index (Phi) is 6.37. The smallest absolute Gasteiger partial charge is 0.387 e. The quantitative estimate of drug-likeness (QED) is 0.517. The summed E-state index contributed by atoms with van der Waals surface area (Å²) in [4.78, 5) is 39.6. The molecule has 1 fully saturated rings. The van der Waals surface area contributed by atoms with Gasteiger partial charge in [-0.2, -0.15) is 8.78 Å². The van der Waals surface area contributed by atoms with Crippen molar-refractivity contribution in [2.45, 2.75) is 25.6 Å². The fourth-order valence-corrected chi connectivity index (χ4v) is 3.30. The molecule has 1 aliphatic heterocycles. The lowest BCUT2D eigenvalue weighted by atomic mass is 9.91. The Balaban J connectivity index is 1.68. The molecule has 2 aromatic carbocycles. The predicted octanol–water partition coefficient (Wildman–Crippen LogP) is 2.99. The molecule has 170 valence electrons. The minimum Gasteiger partial charge on any atom is -0.435 e. The van der Waals surface area contributed by atoms with Gasteiger partial charge in [0.2, 0.25) is 5.91 Å². The highest BCUT2D eigenvalue weighted by molar-refractivity contribution is 6.09. The van der Waals surface area contributed by atoms with Gasteiger partial charge in [-0.1, -0.05) is 12.1 Å². The topological polar surface area (TPSA) is 79.0 Å². The molecule has 1 N–H and O–H groups in total. The van der Waals surface area contributed by atoms with E-state index in [1.54, 1.807) is 0 Å². The van der Waals surface area contributed by atoms with E-state index in [-0.39, 0.29) is 17.9 Å². The molecule has 11 heteroatoms. The van der Waals surface area contributed by atoms with E-state index in [0.717, 1.165) is 18.2 Å². The van der Waals surface area contributed by atoms with Crippen molar-refractivity contribution in [3.05, 3.63) is 65.2 Å². The van der Waals surface area contributed by atoms with Crippen LogP contribution in [0.3, 0.4) is 0 Å². The number of likely N-dealkylation sites (N-methyl/N-ethyl adjacent to an activating group) is 1. The Morgan fingerprint density at radius 2 is 1.81 bits per heavy atom. The molecular formula is C21H19F4N3O4. The van der Waals surface area contributed by atoms with Crippen molar-refractivity contribution < 1.29 is 36.7 Å². The van der Waals surface area contributed by atoms with Gasteiger partial charge in [0.1, 0.15) is 29.5 Å². The second-order valence-corrected chi connectivity index (χ2v) is 7.34. The summed E-state index contributed by atoms with van der Waals surface area (Å²) < 4.78 is 56.5. The van der Waals surface area contributed by atoms with Crippen LogP contribution < -0.4 is 10.1 Å². The van der Waals surface area contributed by atoms with E-state index in [2.05, 4.69) is 10.1 Å². The number of rotatable bonds is 7. The average molecular weight is 453 g/mol. The van der Waals surface area contributed by atoms with Gasteiger partial charge in [0.05, 0.1) is 0 Å². The zero-order valence-corrected chi connectivity index (χ0v) is 17.1. The van der Waals surface area contributed by atoms with E-state index in [4.69, 9.17) is 0 Å². The molecular weight excluding hydrogens is 434 g/mol. The Morgan fingerprint density at radius 1 is 1.16 bits per heavy atom. The van der Waals surface area contributed by atoms with Crippen molar-refractivity contribution in [1.29, 1.82) is 0 Å². The van der Waals surface area contributed by atoms with Crippen molar-refractivity contribution in [3.63, 3.8) is 0 Å². The van der Waals surface area contributed by atoms with Gasteiger partial charge in [-0.05, 0) is 42.8 Å². The molecule has 32 heavy (non-hydrogen) atoms. The molecule has 0 bridgehead atoms. The molecule has 0 radical (unpaired) electrons. The molecule has 0 aromatic heterocycles. The summed E-state index contributed by atoms with van der Waals surface area (Å²) in [6.45, 7) is -2.30. The molecule has 0 unspecified atom stereocenters. The highest BCUT2D eigenvalue weighted by Crippen LogP contribution is 2.31. The highest BCUT2D eigenvalue weighted by atomic mass is 19.3. The molecule has 1 heterocycles. The number of hydrogen-bond acceptors (Lipinski definition) is 4. The minimum atomic E-state index is -2.96. The van der Waals surface area contributed by atoms with Gasteiger partial charge >= 0.3 is 12.6 Å². The third-order valence-corrected chi connectivity index (χ3v) is 5.03. The van der Waals surface area contributed by atoms with Crippen molar-refractivity contribution in [1.82, 2.24) is 15.1 Å². The number of carbonyl (C=O) groups is 3. The van der Waals surface area contributed by atoms with Crippen molar-refractivity contribution in [2.75, 3.05) is 13.6 Å². The fraction of sp³-hybridized carbons (Fsp3) is 0.286. The van der Waals surface area contributed by atoms with E-state index in [1.165, 1.54) is 43.1 Å². The lowest BCUT2D eigenvalue weighted by Gasteiger charge is -2.23. The van der Waals surface area contributed by atoms with Crippen LogP contribution >= 0.6 is 0 Å². The van der Waals surface area contributed by atoms with Crippen LogP contribution in [0.1, 0.15) is 18.1 Å². The number of amides is 4. The lowest BCUT2D eigenvalue weighted by Crippen LogP contribution is -2.44. The Morgan fingerprint density at radius 3 is 2.44 bits per heavy atom. The Hall–Kier alpha value is -3.63. The second kappa shape index (κ2) is 8.85. The summed E-state index contributed by atoms with van der Waals surface area (Å²) >= 11 is 0. The maximum Gasteiger partial charge on any atom is 0.387 e. The van der Waals surface area contributed by atoms with Gasteiger partial charge in [0, 0.05) is 19.2 Å². The molecule has 1 atom stereocenters. The van der Waals surface area contributed by atoms with E-state index in [1.807, 2.05) is 0 Å². The average Bonchev–Trinajstić information content (AvgIpc) is 2.94. The van der Waals surface area contributed by atoms with E-state index in [0.29, 0.717) is 10.5 Å². The van der Waals surface area contributed by atoms with Crippen molar-refractivity contribution in [2.24, 2.45) is 0 Å². The van der Waals surface area contributed by atoms with Gasteiger partial charge in [0.25, 0.3) is 5.91 Å². The Bertz CT molecular complexity index is 1050. The monoisotopic (exact) mass is 453 g/mol. The molecule has 0 saturated carbocycles. The molecule has 1 saturated heterocycles.